The van der Waals surface area contributed by atoms with Crippen LogP contribution in [0.3, 0.4) is 0 Å². The Morgan fingerprint density at radius 1 is 1.00 bits per heavy atom. The quantitative estimate of drug-likeness (QED) is 0.135. The van der Waals surface area contributed by atoms with Gasteiger partial charge in [0.05, 0.1) is 39.5 Å². The molecule has 3 heterocycles. The van der Waals surface area contributed by atoms with E-state index >= 15 is 0 Å². The van der Waals surface area contributed by atoms with Gasteiger partial charge in [0.15, 0.2) is 23.0 Å². The van der Waals surface area contributed by atoms with Crippen molar-refractivity contribution in [1.82, 2.24) is 14.9 Å². The number of methoxy groups -OCH3 is 2. The van der Waals surface area contributed by atoms with Crippen LogP contribution in [0, 0.1) is 17.7 Å². The number of aryl methyl sites for hydroxylation is 1. The predicted molar refractivity (Wildman–Crippen MR) is 185 cm³/mol. The lowest BCUT2D eigenvalue weighted by Gasteiger charge is -2.40. The maximum Gasteiger partial charge on any atom is 0.328 e. The Labute approximate surface area is 302 Å². The molecule has 1 saturated heterocycles. The summed E-state index contributed by atoms with van der Waals surface area (Å²) in [7, 11) is 2.86. The molecule has 7 rings (SSSR count). The van der Waals surface area contributed by atoms with E-state index in [0.29, 0.717) is 29.9 Å². The molecule has 0 amide bonds. The SMILES string of the molecule is COc1cc([C@@H]2c3cc4c(cc3[C@@H](NC(Cc3ccccc3)C(=O)OCCCCn3cc(F)c(=O)[nH]c3=O)[C@H]3COC(=O)[C@H]23)OCO4)cc(OC)c1O. The van der Waals surface area contributed by atoms with Crippen molar-refractivity contribution in [3.8, 4) is 28.7 Å². The summed E-state index contributed by atoms with van der Waals surface area (Å²) in [6.07, 6.45) is 1.85. The largest absolute Gasteiger partial charge is 0.502 e. The number of hydrogen-bond donors (Lipinski definition) is 3. The molecular formula is C38H38FN3O11. The number of carbonyl (C=O) groups is 2. The Morgan fingerprint density at radius 2 is 1.70 bits per heavy atom. The van der Waals surface area contributed by atoms with Gasteiger partial charge in [0.25, 0.3) is 5.56 Å². The number of hydrogen-bond acceptors (Lipinski definition) is 12. The van der Waals surface area contributed by atoms with E-state index in [4.69, 9.17) is 28.4 Å². The van der Waals surface area contributed by atoms with Crippen molar-refractivity contribution in [2.24, 2.45) is 11.8 Å². The van der Waals surface area contributed by atoms with Crippen LogP contribution < -0.4 is 35.5 Å². The van der Waals surface area contributed by atoms with Crippen molar-refractivity contribution in [3.05, 3.63) is 110 Å². The minimum Gasteiger partial charge on any atom is -0.502 e. The maximum absolute atomic E-state index is 13.9. The number of fused-ring (bicyclic) bond motifs is 3. The van der Waals surface area contributed by atoms with Gasteiger partial charge in [-0.15, -0.1) is 0 Å². The van der Waals surface area contributed by atoms with E-state index in [0.717, 1.165) is 27.5 Å². The number of ether oxygens (including phenoxy) is 6. The lowest BCUT2D eigenvalue weighted by Crippen LogP contribution is -2.48. The number of unbranched alkanes of at least 4 members (excludes halogenated alkanes) is 1. The van der Waals surface area contributed by atoms with Crippen LogP contribution in [0.25, 0.3) is 0 Å². The molecule has 2 aliphatic heterocycles. The summed E-state index contributed by atoms with van der Waals surface area (Å²) in [5, 5.41) is 14.2. The number of nitrogens with one attached hydrogen (secondary N) is 2. The highest BCUT2D eigenvalue weighted by Gasteiger charge is 2.53. The number of phenols is 1. The van der Waals surface area contributed by atoms with Crippen molar-refractivity contribution in [2.45, 2.75) is 43.8 Å². The summed E-state index contributed by atoms with van der Waals surface area (Å²) < 4.78 is 48.7. The number of aromatic nitrogens is 2. The second-order valence-electron chi connectivity index (χ2n) is 13.1. The Morgan fingerprint density at radius 3 is 2.40 bits per heavy atom. The van der Waals surface area contributed by atoms with E-state index in [2.05, 4.69) is 5.32 Å². The monoisotopic (exact) mass is 731 g/mol. The molecule has 1 unspecified atom stereocenters. The summed E-state index contributed by atoms with van der Waals surface area (Å²) in [6.45, 7) is 0.232. The van der Waals surface area contributed by atoms with Gasteiger partial charge in [-0.05, 0) is 65.8 Å². The van der Waals surface area contributed by atoms with Gasteiger partial charge >= 0.3 is 17.6 Å². The Hall–Kier alpha value is -5.83. The molecule has 1 aromatic heterocycles. The third-order valence-electron chi connectivity index (χ3n) is 10.0. The summed E-state index contributed by atoms with van der Waals surface area (Å²) in [6, 6.07) is 15.1. The highest BCUT2D eigenvalue weighted by Crippen LogP contribution is 2.55. The normalized spacial score (nSPS) is 20.2. The number of carbonyl (C=O) groups excluding carboxylic acids is 2. The number of esters is 2. The van der Waals surface area contributed by atoms with Gasteiger partial charge in [0, 0.05) is 24.4 Å². The number of rotatable bonds is 13. The third kappa shape index (κ3) is 7.03. The highest BCUT2D eigenvalue weighted by molar-refractivity contribution is 5.80. The number of phenolic OH excluding ortho intramolecular Hbond substituents is 1. The van der Waals surface area contributed by atoms with Crippen LogP contribution >= 0.6 is 0 Å². The van der Waals surface area contributed by atoms with Crippen molar-refractivity contribution in [2.75, 3.05) is 34.2 Å². The lowest BCUT2D eigenvalue weighted by atomic mass is 9.65. The van der Waals surface area contributed by atoms with Gasteiger partial charge < -0.3 is 33.5 Å². The van der Waals surface area contributed by atoms with E-state index in [1.54, 1.807) is 12.1 Å². The molecule has 14 nitrogen and oxygen atoms in total. The number of H-pyrrole nitrogens is 1. The molecule has 0 spiro atoms. The molecule has 3 aliphatic rings. The fourth-order valence-corrected chi connectivity index (χ4v) is 7.45. The van der Waals surface area contributed by atoms with Crippen LogP contribution in [0.2, 0.25) is 0 Å². The van der Waals surface area contributed by atoms with E-state index < -0.39 is 58.8 Å². The Balaban J connectivity index is 1.19. The first-order chi connectivity index (χ1) is 25.7. The maximum atomic E-state index is 13.9. The Kier molecular flexibility index (Phi) is 10.1. The fourth-order valence-electron chi connectivity index (χ4n) is 7.45. The number of halogens is 1. The average molecular weight is 732 g/mol. The first-order valence-electron chi connectivity index (χ1n) is 17.2. The molecule has 278 valence electrons. The predicted octanol–water partition coefficient (Wildman–Crippen LogP) is 3.33. The van der Waals surface area contributed by atoms with Crippen LogP contribution in [0.4, 0.5) is 4.39 Å². The molecule has 3 aromatic carbocycles. The molecular weight excluding hydrogens is 693 g/mol. The van der Waals surface area contributed by atoms with Gasteiger partial charge in [-0.1, -0.05) is 30.3 Å². The number of nitrogens with zero attached hydrogens (tertiary/aromatic N) is 1. The standard InChI is InChI=1S/C38H38FN3O11/c1-48-29-13-21(14-30(49-2)34(29)43)31-22-15-27-28(53-19-52-27)16-23(22)33(24-18-51-37(46)32(24)31)40-26(12-20-8-4-3-5-9-20)36(45)50-11-7-6-10-42-17-25(39)35(44)41-38(42)47/h3-5,8-9,13-17,24,26,31-33,40,43H,6-7,10-12,18-19H2,1-2H3,(H,41,44,47)/t24-,26?,31+,32-,33+/m0/s1. The molecule has 1 fully saturated rings. The van der Waals surface area contributed by atoms with Gasteiger partial charge in [-0.25, -0.2) is 4.79 Å². The van der Waals surface area contributed by atoms with E-state index in [-0.39, 0.29) is 50.2 Å². The second-order valence-corrected chi connectivity index (χ2v) is 13.1. The van der Waals surface area contributed by atoms with E-state index in [1.807, 2.05) is 47.4 Å². The molecule has 1 aliphatic carbocycles. The molecule has 5 atom stereocenters. The van der Waals surface area contributed by atoms with Crippen LogP contribution in [0.15, 0.2) is 70.4 Å². The smallest absolute Gasteiger partial charge is 0.328 e. The molecule has 53 heavy (non-hydrogen) atoms. The first-order valence-corrected chi connectivity index (χ1v) is 17.2. The van der Waals surface area contributed by atoms with Crippen molar-refractivity contribution >= 4 is 11.9 Å². The fraction of sp³-hybridized carbons (Fsp3) is 0.368. The molecule has 3 N–H and O–H groups in total. The van der Waals surface area contributed by atoms with Crippen molar-refractivity contribution < 1.29 is 47.5 Å². The number of benzene rings is 3. The zero-order valence-corrected chi connectivity index (χ0v) is 29.0. The van der Waals surface area contributed by atoms with Gasteiger partial charge in [0.2, 0.25) is 18.4 Å². The molecule has 0 bridgehead atoms. The van der Waals surface area contributed by atoms with Crippen LogP contribution in [-0.4, -0.2) is 66.9 Å². The molecule has 15 heteroatoms. The van der Waals surface area contributed by atoms with E-state index in [9.17, 15) is 28.7 Å². The van der Waals surface area contributed by atoms with E-state index in [1.165, 1.54) is 14.2 Å². The summed E-state index contributed by atoms with van der Waals surface area (Å²) in [5.41, 5.74) is 1.22. The number of aromatic hydroxyl groups is 1. The zero-order valence-electron chi connectivity index (χ0n) is 29.0. The Bertz CT molecular complexity index is 2110. The molecule has 0 radical (unpaired) electrons. The zero-order chi connectivity index (χ0) is 37.2. The topological polar surface area (TPSA) is 177 Å². The van der Waals surface area contributed by atoms with Crippen molar-refractivity contribution in [1.29, 1.82) is 0 Å². The van der Waals surface area contributed by atoms with Gasteiger partial charge in [0.1, 0.15) is 6.04 Å². The van der Waals surface area contributed by atoms with Crippen LogP contribution in [-0.2, 0) is 32.0 Å². The van der Waals surface area contributed by atoms with Crippen LogP contribution in [0.1, 0.15) is 47.1 Å². The first kappa shape index (κ1) is 35.6. The molecule has 4 aromatic rings. The summed E-state index contributed by atoms with van der Waals surface area (Å²) in [5.74, 6) is -2.51. The minimum atomic E-state index is -1.08. The summed E-state index contributed by atoms with van der Waals surface area (Å²) >= 11 is 0. The third-order valence-corrected chi connectivity index (χ3v) is 10.0. The minimum absolute atomic E-state index is 0.0193. The van der Waals surface area contributed by atoms with Gasteiger partial charge in [-0.3, -0.25) is 29.3 Å². The van der Waals surface area contributed by atoms with Crippen molar-refractivity contribution in [3.63, 3.8) is 0 Å². The highest BCUT2D eigenvalue weighted by atomic mass is 19.1. The number of cyclic esters (lactones) is 1. The average Bonchev–Trinajstić information content (AvgIpc) is 3.78. The molecule has 0 saturated carbocycles. The number of aromatic amines is 1. The van der Waals surface area contributed by atoms with Gasteiger partial charge in [-0.2, -0.15) is 4.39 Å². The summed E-state index contributed by atoms with van der Waals surface area (Å²) in [4.78, 5) is 52.8. The lowest BCUT2D eigenvalue weighted by molar-refractivity contribution is -0.146. The van der Waals surface area contributed by atoms with Crippen LogP contribution in [0.5, 0.6) is 28.7 Å². The second kappa shape index (κ2) is 15.0.